The van der Waals surface area contributed by atoms with Crippen molar-refractivity contribution in [2.24, 2.45) is 0 Å². The second-order valence-corrected chi connectivity index (χ2v) is 6.95. The van der Waals surface area contributed by atoms with E-state index in [1.807, 2.05) is 53.1 Å². The summed E-state index contributed by atoms with van der Waals surface area (Å²) in [4.78, 5) is 0. The molecule has 1 aromatic heterocycles. The van der Waals surface area contributed by atoms with Gasteiger partial charge in [0.2, 0.25) is 0 Å². The van der Waals surface area contributed by atoms with Gasteiger partial charge >= 0.3 is 0 Å². The Labute approximate surface area is 170 Å². The molecule has 0 unspecified atom stereocenters. The van der Waals surface area contributed by atoms with Crippen LogP contribution in [0.5, 0.6) is 0 Å². The molecule has 0 saturated heterocycles. The fourth-order valence-electron chi connectivity index (χ4n) is 2.88. The Hall–Kier alpha value is -3.74. The molecule has 1 heterocycles. The van der Waals surface area contributed by atoms with E-state index in [9.17, 15) is 0 Å². The maximum Gasteiger partial charge on any atom is 0.168 e. The van der Waals surface area contributed by atoms with E-state index in [4.69, 9.17) is 10.5 Å². The topological polar surface area (TPSA) is 78.3 Å². The Morgan fingerprint density at radius 3 is 1.54 bits per heavy atom. The van der Waals surface area contributed by atoms with E-state index < -0.39 is 0 Å². The van der Waals surface area contributed by atoms with Crippen molar-refractivity contribution in [2.75, 3.05) is 0 Å². The number of aromatic nitrogens is 3. The zero-order valence-electron chi connectivity index (χ0n) is 14.5. The van der Waals surface area contributed by atoms with Crippen LogP contribution in [-0.4, -0.2) is 14.8 Å². The van der Waals surface area contributed by atoms with E-state index >= 15 is 0 Å². The fourth-order valence-corrected chi connectivity index (χ4v) is 3.14. The van der Waals surface area contributed by atoms with Gasteiger partial charge in [-0.15, -0.1) is 10.2 Å². The maximum absolute atomic E-state index is 9.09. The number of halogens is 1. The van der Waals surface area contributed by atoms with Gasteiger partial charge in [0.25, 0.3) is 0 Å². The smallest absolute Gasteiger partial charge is 0.168 e. The molecule has 3 aromatic carbocycles. The summed E-state index contributed by atoms with van der Waals surface area (Å²) >= 11 is 3.45. The lowest BCUT2D eigenvalue weighted by atomic mass is 10.1. The molecular weight excluding hydrogens is 414 g/mol. The molecule has 4 aromatic rings. The van der Waals surface area contributed by atoms with Crippen LogP contribution in [0.4, 0.5) is 0 Å². The second-order valence-electron chi connectivity index (χ2n) is 6.04. The van der Waals surface area contributed by atoms with Gasteiger partial charge in [-0.25, -0.2) is 0 Å². The predicted octanol–water partition coefficient (Wildman–Crippen LogP) is 5.11. The molecule has 0 N–H and O–H groups in total. The average molecular weight is 426 g/mol. The lowest BCUT2D eigenvalue weighted by Crippen LogP contribution is -2.00. The lowest BCUT2D eigenvalue weighted by Gasteiger charge is -2.11. The third kappa shape index (κ3) is 3.29. The molecular formula is C22H12BrN5. The van der Waals surface area contributed by atoms with Gasteiger partial charge in [-0.2, -0.15) is 10.5 Å². The summed E-state index contributed by atoms with van der Waals surface area (Å²) in [6.45, 7) is 0. The monoisotopic (exact) mass is 425 g/mol. The Bertz CT molecular complexity index is 1210. The Morgan fingerprint density at radius 2 is 1.07 bits per heavy atom. The van der Waals surface area contributed by atoms with Crippen molar-refractivity contribution in [1.29, 1.82) is 10.5 Å². The number of nitrogens with zero attached hydrogens (tertiary/aromatic N) is 5. The van der Waals surface area contributed by atoms with Crippen molar-refractivity contribution in [2.45, 2.75) is 0 Å². The van der Waals surface area contributed by atoms with E-state index in [-0.39, 0.29) is 0 Å². The van der Waals surface area contributed by atoms with Crippen molar-refractivity contribution in [1.82, 2.24) is 14.8 Å². The van der Waals surface area contributed by atoms with Crippen molar-refractivity contribution in [3.8, 4) is 40.6 Å². The van der Waals surface area contributed by atoms with Crippen molar-refractivity contribution < 1.29 is 0 Å². The van der Waals surface area contributed by atoms with Gasteiger partial charge in [0.05, 0.1) is 23.3 Å². The average Bonchev–Trinajstić information content (AvgIpc) is 3.19. The first-order valence-corrected chi connectivity index (χ1v) is 9.21. The van der Waals surface area contributed by atoms with Crippen LogP contribution in [0, 0.1) is 22.7 Å². The summed E-state index contributed by atoms with van der Waals surface area (Å²) < 4.78 is 2.93. The first-order chi connectivity index (χ1) is 13.7. The minimum atomic E-state index is 0.585. The molecule has 0 fully saturated rings. The van der Waals surface area contributed by atoms with Crippen LogP contribution in [0.25, 0.3) is 28.5 Å². The van der Waals surface area contributed by atoms with Gasteiger partial charge in [0, 0.05) is 21.3 Å². The second kappa shape index (κ2) is 7.48. The summed E-state index contributed by atoms with van der Waals surface area (Å²) in [6, 6.07) is 26.6. The molecule has 0 spiro atoms. The minimum Gasteiger partial charge on any atom is -0.275 e. The Morgan fingerprint density at radius 1 is 0.643 bits per heavy atom. The number of hydrogen-bond acceptors (Lipinski definition) is 4. The van der Waals surface area contributed by atoms with Crippen LogP contribution < -0.4 is 0 Å². The maximum atomic E-state index is 9.09. The van der Waals surface area contributed by atoms with E-state index in [2.05, 4.69) is 38.3 Å². The molecule has 0 radical (unpaired) electrons. The van der Waals surface area contributed by atoms with Crippen LogP contribution in [0.1, 0.15) is 11.1 Å². The van der Waals surface area contributed by atoms with Gasteiger partial charge < -0.3 is 0 Å². The summed E-state index contributed by atoms with van der Waals surface area (Å²) in [6.07, 6.45) is 0. The van der Waals surface area contributed by atoms with Gasteiger partial charge in [-0.1, -0.05) is 28.1 Å². The molecule has 0 saturated carbocycles. The predicted molar refractivity (Wildman–Crippen MR) is 109 cm³/mol. The summed E-state index contributed by atoms with van der Waals surface area (Å²) in [5.74, 6) is 1.35. The zero-order chi connectivity index (χ0) is 19.5. The normalized spacial score (nSPS) is 10.2. The number of benzene rings is 3. The molecule has 0 atom stereocenters. The highest BCUT2D eigenvalue weighted by atomic mass is 79.9. The van der Waals surface area contributed by atoms with E-state index in [1.54, 1.807) is 24.3 Å². The molecule has 0 aliphatic carbocycles. The van der Waals surface area contributed by atoms with Gasteiger partial charge in [-0.3, -0.25) is 4.57 Å². The fraction of sp³-hybridized carbons (Fsp3) is 0. The third-order valence-electron chi connectivity index (χ3n) is 4.29. The highest BCUT2D eigenvalue weighted by Crippen LogP contribution is 2.29. The van der Waals surface area contributed by atoms with Gasteiger partial charge in [0.1, 0.15) is 0 Å². The molecule has 132 valence electrons. The first-order valence-electron chi connectivity index (χ1n) is 8.42. The number of hydrogen-bond donors (Lipinski definition) is 0. The third-order valence-corrected chi connectivity index (χ3v) is 4.82. The van der Waals surface area contributed by atoms with Crippen LogP contribution in [0.15, 0.2) is 77.3 Å². The van der Waals surface area contributed by atoms with Crippen LogP contribution in [0.2, 0.25) is 0 Å². The SMILES string of the molecule is N#Cc1ccc(-c2nnc(-c3ccc(Br)cc3)n2-c2ccc(C#N)cc2)cc1. The first kappa shape index (κ1) is 17.7. The quantitative estimate of drug-likeness (QED) is 0.456. The zero-order valence-corrected chi connectivity index (χ0v) is 16.1. The van der Waals surface area contributed by atoms with Crippen molar-refractivity contribution in [3.05, 3.63) is 88.4 Å². The molecule has 0 bridgehead atoms. The highest BCUT2D eigenvalue weighted by molar-refractivity contribution is 9.10. The standard InChI is InChI=1S/C22H12BrN5/c23-19-9-7-18(8-10-19)22-27-26-21(17-5-1-15(13-24)2-6-17)28(22)20-11-3-16(14-25)4-12-20/h1-12H. The number of rotatable bonds is 3. The largest absolute Gasteiger partial charge is 0.275 e. The molecule has 5 nitrogen and oxygen atoms in total. The van der Waals surface area contributed by atoms with Crippen molar-refractivity contribution >= 4 is 15.9 Å². The van der Waals surface area contributed by atoms with Crippen LogP contribution >= 0.6 is 15.9 Å². The summed E-state index contributed by atoms with van der Waals surface area (Å²) in [5, 5.41) is 27.0. The highest BCUT2D eigenvalue weighted by Gasteiger charge is 2.17. The van der Waals surface area contributed by atoms with Gasteiger partial charge in [0.15, 0.2) is 11.6 Å². The summed E-state index contributed by atoms with van der Waals surface area (Å²) in [7, 11) is 0. The van der Waals surface area contributed by atoms with Crippen LogP contribution in [-0.2, 0) is 0 Å². The summed E-state index contributed by atoms with van der Waals surface area (Å²) in [5.41, 5.74) is 3.78. The molecule has 28 heavy (non-hydrogen) atoms. The molecule has 0 aliphatic heterocycles. The molecule has 4 rings (SSSR count). The number of nitriles is 2. The minimum absolute atomic E-state index is 0.585. The van der Waals surface area contributed by atoms with E-state index in [1.165, 1.54) is 0 Å². The Kier molecular flexibility index (Phi) is 4.72. The van der Waals surface area contributed by atoms with Crippen molar-refractivity contribution in [3.63, 3.8) is 0 Å². The molecule has 6 heteroatoms. The van der Waals surface area contributed by atoms with Crippen LogP contribution in [0.3, 0.4) is 0 Å². The van der Waals surface area contributed by atoms with E-state index in [0.717, 1.165) is 21.3 Å². The lowest BCUT2D eigenvalue weighted by molar-refractivity contribution is 1.07. The Balaban J connectivity index is 1.92. The molecule has 0 amide bonds. The van der Waals surface area contributed by atoms with Gasteiger partial charge in [-0.05, 0) is 60.7 Å². The van der Waals surface area contributed by atoms with E-state index in [0.29, 0.717) is 22.8 Å². The molecule has 0 aliphatic rings.